The van der Waals surface area contributed by atoms with Crippen LogP contribution in [-0.2, 0) is 4.79 Å². The molecule has 0 spiro atoms. The lowest BCUT2D eigenvalue weighted by Crippen LogP contribution is -2.13. The standard InChI is InChI=1S/C22H17ClO2/c23-20-12-10-17(11-13-20)16-6-8-19(9-7-16)22(25)21(14-15-24)18-4-2-1-3-5-18/h1-13,15,21H,14H2. The lowest BCUT2D eigenvalue weighted by molar-refractivity contribution is -0.108. The van der Waals surface area contributed by atoms with Gasteiger partial charge in [-0.3, -0.25) is 4.79 Å². The van der Waals surface area contributed by atoms with Gasteiger partial charge in [0.05, 0.1) is 5.92 Å². The van der Waals surface area contributed by atoms with Crippen LogP contribution in [0.15, 0.2) is 78.9 Å². The van der Waals surface area contributed by atoms with Gasteiger partial charge in [0, 0.05) is 17.0 Å². The quantitative estimate of drug-likeness (QED) is 0.431. The Morgan fingerprint density at radius 3 is 1.96 bits per heavy atom. The van der Waals surface area contributed by atoms with Gasteiger partial charge in [-0.2, -0.15) is 0 Å². The van der Waals surface area contributed by atoms with Crippen LogP contribution in [0.25, 0.3) is 11.1 Å². The first-order valence-corrected chi connectivity index (χ1v) is 8.45. The average Bonchev–Trinajstić information content (AvgIpc) is 2.67. The number of rotatable bonds is 6. The summed E-state index contributed by atoms with van der Waals surface area (Å²) in [6, 6.07) is 24.4. The molecule has 0 heterocycles. The highest BCUT2D eigenvalue weighted by Gasteiger charge is 2.21. The first-order valence-electron chi connectivity index (χ1n) is 8.08. The van der Waals surface area contributed by atoms with Crippen LogP contribution >= 0.6 is 11.6 Å². The summed E-state index contributed by atoms with van der Waals surface area (Å²) in [5, 5.41) is 0.690. The lowest BCUT2D eigenvalue weighted by Gasteiger charge is -2.14. The topological polar surface area (TPSA) is 34.1 Å². The first kappa shape index (κ1) is 17.1. The van der Waals surface area contributed by atoms with Gasteiger partial charge >= 0.3 is 0 Å². The van der Waals surface area contributed by atoms with E-state index in [0.717, 1.165) is 23.0 Å². The number of carbonyl (C=O) groups excluding carboxylic acids is 2. The highest BCUT2D eigenvalue weighted by Crippen LogP contribution is 2.26. The van der Waals surface area contributed by atoms with Crippen LogP contribution in [0.1, 0.15) is 28.3 Å². The van der Waals surface area contributed by atoms with Crippen LogP contribution < -0.4 is 0 Å². The molecule has 3 aromatic rings. The Labute approximate surface area is 152 Å². The molecule has 0 saturated carbocycles. The van der Waals surface area contributed by atoms with Gasteiger partial charge in [0.25, 0.3) is 0 Å². The van der Waals surface area contributed by atoms with E-state index in [4.69, 9.17) is 11.6 Å². The van der Waals surface area contributed by atoms with Crippen molar-refractivity contribution in [3.8, 4) is 11.1 Å². The van der Waals surface area contributed by atoms with Crippen molar-refractivity contribution >= 4 is 23.7 Å². The van der Waals surface area contributed by atoms with Gasteiger partial charge in [0.1, 0.15) is 6.29 Å². The fraction of sp³-hybridized carbons (Fsp3) is 0.0909. The van der Waals surface area contributed by atoms with Crippen LogP contribution in [0.3, 0.4) is 0 Å². The third-order valence-electron chi connectivity index (χ3n) is 4.20. The molecule has 0 amide bonds. The highest BCUT2D eigenvalue weighted by atomic mass is 35.5. The summed E-state index contributed by atoms with van der Waals surface area (Å²) in [7, 11) is 0. The predicted octanol–water partition coefficient (Wildman–Crippen LogP) is 5.56. The predicted molar refractivity (Wildman–Crippen MR) is 101 cm³/mol. The maximum atomic E-state index is 12.9. The molecular formula is C22H17ClO2. The average molecular weight is 349 g/mol. The summed E-state index contributed by atoms with van der Waals surface area (Å²) in [5.41, 5.74) is 3.52. The summed E-state index contributed by atoms with van der Waals surface area (Å²) in [4.78, 5) is 23.9. The lowest BCUT2D eigenvalue weighted by atomic mass is 9.88. The minimum absolute atomic E-state index is 0.0408. The number of halogens is 1. The maximum Gasteiger partial charge on any atom is 0.170 e. The molecule has 1 atom stereocenters. The van der Waals surface area contributed by atoms with E-state index < -0.39 is 5.92 Å². The van der Waals surface area contributed by atoms with E-state index in [0.29, 0.717) is 10.6 Å². The Morgan fingerprint density at radius 1 is 0.840 bits per heavy atom. The molecule has 3 aromatic carbocycles. The van der Waals surface area contributed by atoms with Gasteiger partial charge in [-0.25, -0.2) is 0 Å². The van der Waals surface area contributed by atoms with E-state index in [1.54, 1.807) is 0 Å². The number of benzene rings is 3. The Morgan fingerprint density at radius 2 is 1.40 bits per heavy atom. The van der Waals surface area contributed by atoms with Crippen LogP contribution in [-0.4, -0.2) is 12.1 Å². The zero-order valence-corrected chi connectivity index (χ0v) is 14.3. The molecule has 0 aliphatic carbocycles. The SMILES string of the molecule is O=CCC(C(=O)c1ccc(-c2ccc(Cl)cc2)cc1)c1ccccc1. The number of hydrogen-bond acceptors (Lipinski definition) is 2. The fourth-order valence-corrected chi connectivity index (χ4v) is 2.97. The first-order chi connectivity index (χ1) is 12.2. The fourth-order valence-electron chi connectivity index (χ4n) is 2.85. The van der Waals surface area contributed by atoms with E-state index in [9.17, 15) is 9.59 Å². The van der Waals surface area contributed by atoms with Gasteiger partial charge in [-0.1, -0.05) is 78.3 Å². The van der Waals surface area contributed by atoms with Gasteiger partial charge in [0.2, 0.25) is 0 Å². The Kier molecular flexibility index (Phi) is 5.42. The monoisotopic (exact) mass is 348 g/mol. The minimum Gasteiger partial charge on any atom is -0.303 e. The second-order valence-corrected chi connectivity index (χ2v) is 6.25. The molecule has 0 radical (unpaired) electrons. The van der Waals surface area contributed by atoms with E-state index in [2.05, 4.69) is 0 Å². The van der Waals surface area contributed by atoms with Crippen molar-refractivity contribution in [3.05, 3.63) is 95.0 Å². The molecule has 1 unspecified atom stereocenters. The van der Waals surface area contributed by atoms with Crippen molar-refractivity contribution in [3.63, 3.8) is 0 Å². The van der Waals surface area contributed by atoms with Gasteiger partial charge in [-0.05, 0) is 28.8 Å². The van der Waals surface area contributed by atoms with Crippen LogP contribution in [0.5, 0.6) is 0 Å². The van der Waals surface area contributed by atoms with Crippen molar-refractivity contribution in [2.75, 3.05) is 0 Å². The van der Waals surface area contributed by atoms with Gasteiger partial charge in [0.15, 0.2) is 5.78 Å². The number of ketones is 1. The summed E-state index contributed by atoms with van der Waals surface area (Å²) < 4.78 is 0. The van der Waals surface area contributed by atoms with Crippen molar-refractivity contribution in [1.82, 2.24) is 0 Å². The zero-order valence-electron chi connectivity index (χ0n) is 13.6. The molecule has 0 saturated heterocycles. The zero-order chi connectivity index (χ0) is 17.6. The number of hydrogen-bond donors (Lipinski definition) is 0. The van der Waals surface area contributed by atoms with Crippen LogP contribution in [0.2, 0.25) is 5.02 Å². The van der Waals surface area contributed by atoms with E-state index in [-0.39, 0.29) is 12.2 Å². The van der Waals surface area contributed by atoms with Gasteiger partial charge < -0.3 is 4.79 Å². The third kappa shape index (κ3) is 4.04. The summed E-state index contributed by atoms with van der Waals surface area (Å²) in [6.45, 7) is 0. The second-order valence-electron chi connectivity index (χ2n) is 5.81. The highest BCUT2D eigenvalue weighted by molar-refractivity contribution is 6.30. The molecule has 0 aliphatic heterocycles. The largest absolute Gasteiger partial charge is 0.303 e. The van der Waals surface area contributed by atoms with Crippen LogP contribution in [0.4, 0.5) is 0 Å². The van der Waals surface area contributed by atoms with E-state index in [1.165, 1.54) is 0 Å². The van der Waals surface area contributed by atoms with Crippen molar-refractivity contribution in [2.24, 2.45) is 0 Å². The van der Waals surface area contributed by atoms with E-state index >= 15 is 0 Å². The minimum atomic E-state index is -0.444. The Balaban J connectivity index is 1.86. The summed E-state index contributed by atoms with van der Waals surface area (Å²) in [6.07, 6.45) is 0.986. The molecule has 0 aliphatic rings. The molecular weight excluding hydrogens is 332 g/mol. The number of carbonyl (C=O) groups is 2. The van der Waals surface area contributed by atoms with Crippen LogP contribution in [0, 0.1) is 0 Å². The molecule has 3 rings (SSSR count). The summed E-state index contributed by atoms with van der Waals surface area (Å²) in [5.74, 6) is -0.485. The molecule has 0 N–H and O–H groups in total. The molecule has 124 valence electrons. The summed E-state index contributed by atoms with van der Waals surface area (Å²) >= 11 is 5.92. The third-order valence-corrected chi connectivity index (χ3v) is 4.45. The Bertz CT molecular complexity index is 853. The normalized spacial score (nSPS) is 11.7. The second kappa shape index (κ2) is 7.91. The molecule has 0 aromatic heterocycles. The number of Topliss-reactive ketones (excluding diaryl/α,β-unsaturated/α-hetero) is 1. The molecule has 25 heavy (non-hydrogen) atoms. The molecule has 0 fully saturated rings. The molecule has 0 bridgehead atoms. The van der Waals surface area contributed by atoms with E-state index in [1.807, 2.05) is 78.9 Å². The molecule has 3 heteroatoms. The van der Waals surface area contributed by atoms with Crippen molar-refractivity contribution in [2.45, 2.75) is 12.3 Å². The maximum absolute atomic E-state index is 12.9. The Hall–Kier alpha value is -2.71. The van der Waals surface area contributed by atoms with Gasteiger partial charge in [-0.15, -0.1) is 0 Å². The van der Waals surface area contributed by atoms with Crippen molar-refractivity contribution in [1.29, 1.82) is 0 Å². The smallest absolute Gasteiger partial charge is 0.170 e. The molecule has 2 nitrogen and oxygen atoms in total. The van der Waals surface area contributed by atoms with Crippen molar-refractivity contribution < 1.29 is 9.59 Å². The number of aldehydes is 1.